The molecule has 0 spiro atoms. The van der Waals surface area contributed by atoms with Gasteiger partial charge in [-0.25, -0.2) is 13.4 Å². The third-order valence-corrected chi connectivity index (χ3v) is 6.98. The fourth-order valence-electron chi connectivity index (χ4n) is 3.74. The first-order chi connectivity index (χ1) is 10.0. The Labute approximate surface area is 128 Å². The van der Waals surface area contributed by atoms with Crippen molar-refractivity contribution in [3.63, 3.8) is 0 Å². The molecule has 0 radical (unpaired) electrons. The summed E-state index contributed by atoms with van der Waals surface area (Å²) in [6.07, 6.45) is 5.28. The number of nitrogens with zero attached hydrogens (tertiary/aromatic N) is 2. The van der Waals surface area contributed by atoms with Gasteiger partial charge >= 0.3 is 0 Å². The molecule has 0 amide bonds. The topological polar surface area (TPSA) is 50.3 Å². The van der Waals surface area contributed by atoms with Crippen LogP contribution in [0.15, 0.2) is 23.1 Å². The molecule has 4 nitrogen and oxygen atoms in total. The largest absolute Gasteiger partial charge is 0.347 e. The van der Waals surface area contributed by atoms with Gasteiger partial charge in [0.25, 0.3) is 0 Å². The number of hydrogen-bond acceptors (Lipinski definition) is 5. The number of sulfone groups is 1. The van der Waals surface area contributed by atoms with E-state index in [1.54, 1.807) is 23.5 Å². The van der Waals surface area contributed by atoms with Crippen molar-refractivity contribution < 1.29 is 8.42 Å². The Morgan fingerprint density at radius 2 is 1.95 bits per heavy atom. The number of thiazole rings is 1. The molecule has 0 bridgehead atoms. The van der Waals surface area contributed by atoms with E-state index in [-0.39, 0.29) is 0 Å². The first kappa shape index (κ1) is 13.5. The number of para-hydroxylation sites is 1. The maximum Gasteiger partial charge on any atom is 0.186 e. The molecule has 21 heavy (non-hydrogen) atoms. The van der Waals surface area contributed by atoms with E-state index in [2.05, 4.69) is 9.88 Å². The molecular weight excluding hydrogens is 304 g/mol. The maximum atomic E-state index is 11.9. The zero-order valence-corrected chi connectivity index (χ0v) is 13.6. The van der Waals surface area contributed by atoms with Crippen LogP contribution in [-0.2, 0) is 9.84 Å². The predicted molar refractivity (Wildman–Crippen MR) is 85.8 cm³/mol. The van der Waals surface area contributed by atoms with E-state index in [0.717, 1.165) is 34.8 Å². The van der Waals surface area contributed by atoms with E-state index < -0.39 is 9.84 Å². The normalized spacial score (nSPS) is 25.7. The summed E-state index contributed by atoms with van der Waals surface area (Å²) in [5, 5.41) is 0.982. The highest BCUT2D eigenvalue weighted by Gasteiger charge is 2.37. The Bertz CT molecular complexity index is 785. The Kier molecular flexibility index (Phi) is 3.01. The average molecular weight is 322 g/mol. The predicted octanol–water partition coefficient (Wildman–Crippen LogP) is 2.94. The molecule has 1 aromatic carbocycles. The summed E-state index contributed by atoms with van der Waals surface area (Å²) >= 11 is 1.61. The van der Waals surface area contributed by atoms with Crippen LogP contribution < -0.4 is 4.90 Å². The van der Waals surface area contributed by atoms with Gasteiger partial charge in [-0.05, 0) is 36.8 Å². The number of hydrogen-bond donors (Lipinski definition) is 0. The van der Waals surface area contributed by atoms with Crippen molar-refractivity contribution in [3.8, 4) is 0 Å². The van der Waals surface area contributed by atoms with Crippen molar-refractivity contribution in [2.24, 2.45) is 11.8 Å². The van der Waals surface area contributed by atoms with Gasteiger partial charge in [-0.1, -0.05) is 23.8 Å². The van der Waals surface area contributed by atoms with E-state index in [1.165, 1.54) is 25.5 Å². The Hall–Kier alpha value is -1.14. The average Bonchev–Trinajstić information content (AvgIpc) is 3.09. The van der Waals surface area contributed by atoms with Gasteiger partial charge in [0.05, 0.1) is 9.60 Å². The van der Waals surface area contributed by atoms with Gasteiger partial charge in [0.1, 0.15) is 5.52 Å². The van der Waals surface area contributed by atoms with Crippen molar-refractivity contribution in [3.05, 3.63) is 18.2 Å². The fourth-order valence-corrected chi connectivity index (χ4v) is 5.65. The van der Waals surface area contributed by atoms with E-state index in [1.807, 2.05) is 6.07 Å². The fraction of sp³-hybridized carbons (Fsp3) is 0.533. The molecule has 6 heteroatoms. The van der Waals surface area contributed by atoms with Crippen LogP contribution >= 0.6 is 11.3 Å². The molecule has 2 fully saturated rings. The zero-order chi connectivity index (χ0) is 14.6. The van der Waals surface area contributed by atoms with Crippen LogP contribution in [0.1, 0.15) is 19.3 Å². The molecule has 2 unspecified atom stereocenters. The molecule has 1 aromatic heterocycles. The summed E-state index contributed by atoms with van der Waals surface area (Å²) in [6.45, 7) is 2.16. The smallest absolute Gasteiger partial charge is 0.186 e. The van der Waals surface area contributed by atoms with Crippen molar-refractivity contribution in [2.45, 2.75) is 24.2 Å². The number of aromatic nitrogens is 1. The van der Waals surface area contributed by atoms with Gasteiger partial charge < -0.3 is 4.90 Å². The van der Waals surface area contributed by atoms with Crippen LogP contribution in [0.5, 0.6) is 0 Å². The molecule has 112 valence electrons. The van der Waals surface area contributed by atoms with Gasteiger partial charge in [0, 0.05) is 19.3 Å². The van der Waals surface area contributed by atoms with Gasteiger partial charge in [-0.15, -0.1) is 0 Å². The van der Waals surface area contributed by atoms with Gasteiger partial charge in [-0.3, -0.25) is 0 Å². The Morgan fingerprint density at radius 3 is 2.62 bits per heavy atom. The van der Waals surface area contributed by atoms with Crippen molar-refractivity contribution >= 4 is 36.5 Å². The molecule has 4 rings (SSSR count). The molecule has 2 aromatic rings. The minimum absolute atomic E-state index is 0.349. The standard InChI is InChI=1S/C15H18N2O2S2/c1-21(18,19)13-7-3-6-12-14(13)16-15(20-12)17-8-10-4-2-5-11(10)9-17/h3,6-7,10-11H,2,4-5,8-9H2,1H3. The second kappa shape index (κ2) is 4.68. The lowest BCUT2D eigenvalue weighted by Crippen LogP contribution is -2.20. The maximum absolute atomic E-state index is 11.9. The lowest BCUT2D eigenvalue weighted by atomic mass is 10.0. The lowest BCUT2D eigenvalue weighted by molar-refractivity contribution is 0.494. The quantitative estimate of drug-likeness (QED) is 0.853. The van der Waals surface area contributed by atoms with Crippen molar-refractivity contribution in [2.75, 3.05) is 24.2 Å². The highest BCUT2D eigenvalue weighted by atomic mass is 32.2. The first-order valence-electron chi connectivity index (χ1n) is 7.37. The van der Waals surface area contributed by atoms with Crippen LogP contribution in [0.25, 0.3) is 10.2 Å². The monoisotopic (exact) mass is 322 g/mol. The third kappa shape index (κ3) is 2.25. The van der Waals surface area contributed by atoms with Crippen LogP contribution in [0.3, 0.4) is 0 Å². The summed E-state index contributed by atoms with van der Waals surface area (Å²) in [6, 6.07) is 5.42. The summed E-state index contributed by atoms with van der Waals surface area (Å²) in [5.41, 5.74) is 0.636. The van der Waals surface area contributed by atoms with Crippen LogP contribution in [0.4, 0.5) is 5.13 Å². The Balaban J connectivity index is 1.75. The molecule has 2 atom stereocenters. The van der Waals surface area contributed by atoms with Crippen molar-refractivity contribution in [1.82, 2.24) is 4.98 Å². The second-order valence-electron chi connectivity index (χ2n) is 6.23. The van der Waals surface area contributed by atoms with E-state index in [0.29, 0.717) is 10.4 Å². The first-order valence-corrected chi connectivity index (χ1v) is 10.1. The number of anilines is 1. The molecule has 2 heterocycles. The van der Waals surface area contributed by atoms with Crippen LogP contribution in [0, 0.1) is 11.8 Å². The summed E-state index contributed by atoms with van der Waals surface area (Å²) in [4.78, 5) is 7.36. The van der Waals surface area contributed by atoms with E-state index in [4.69, 9.17) is 0 Å². The minimum Gasteiger partial charge on any atom is -0.347 e. The summed E-state index contributed by atoms with van der Waals surface area (Å²) < 4.78 is 24.7. The van der Waals surface area contributed by atoms with Gasteiger partial charge in [0.2, 0.25) is 0 Å². The highest BCUT2D eigenvalue weighted by Crippen LogP contribution is 2.41. The molecule has 2 aliphatic rings. The number of fused-ring (bicyclic) bond motifs is 2. The SMILES string of the molecule is CS(=O)(=O)c1cccc2sc(N3CC4CCCC4C3)nc12. The van der Waals surface area contributed by atoms with Gasteiger partial charge in [0.15, 0.2) is 15.0 Å². The highest BCUT2D eigenvalue weighted by molar-refractivity contribution is 7.91. The molecule has 1 aliphatic heterocycles. The third-order valence-electron chi connectivity index (χ3n) is 4.77. The molecule has 0 N–H and O–H groups in total. The van der Waals surface area contributed by atoms with E-state index in [9.17, 15) is 8.42 Å². The molecular formula is C15H18N2O2S2. The minimum atomic E-state index is -3.23. The van der Waals surface area contributed by atoms with Crippen LogP contribution in [-0.4, -0.2) is 32.7 Å². The van der Waals surface area contributed by atoms with Crippen molar-refractivity contribution in [1.29, 1.82) is 0 Å². The van der Waals surface area contributed by atoms with Gasteiger partial charge in [-0.2, -0.15) is 0 Å². The lowest BCUT2D eigenvalue weighted by Gasteiger charge is -2.15. The Morgan fingerprint density at radius 1 is 1.24 bits per heavy atom. The second-order valence-corrected chi connectivity index (χ2v) is 9.22. The molecule has 1 saturated carbocycles. The van der Waals surface area contributed by atoms with E-state index >= 15 is 0 Å². The molecule has 1 saturated heterocycles. The summed E-state index contributed by atoms with van der Waals surface area (Å²) in [5.74, 6) is 1.62. The zero-order valence-electron chi connectivity index (χ0n) is 11.9. The molecule has 1 aliphatic carbocycles. The summed E-state index contributed by atoms with van der Waals surface area (Å²) in [7, 11) is -3.23. The van der Waals surface area contributed by atoms with Crippen LogP contribution in [0.2, 0.25) is 0 Å². The number of benzene rings is 1. The number of rotatable bonds is 2.